The summed E-state index contributed by atoms with van der Waals surface area (Å²) in [6.45, 7) is 0.582. The van der Waals surface area contributed by atoms with Crippen LogP contribution in [0.2, 0.25) is 0 Å². The van der Waals surface area contributed by atoms with Crippen LogP contribution in [0, 0.1) is 11.2 Å². The SMILES string of the molecule is N=C(N)COCCc1cccc(F)c1. The maximum Gasteiger partial charge on any atom is 0.123 e. The van der Waals surface area contributed by atoms with Gasteiger partial charge in [-0.05, 0) is 24.1 Å². The Bertz CT molecular complexity index is 315. The van der Waals surface area contributed by atoms with E-state index >= 15 is 0 Å². The van der Waals surface area contributed by atoms with Gasteiger partial charge in [0.05, 0.1) is 6.61 Å². The number of hydrogen-bond acceptors (Lipinski definition) is 2. The molecule has 1 aromatic rings. The molecule has 0 amide bonds. The molecule has 76 valence electrons. The minimum Gasteiger partial charge on any atom is -0.386 e. The van der Waals surface area contributed by atoms with Gasteiger partial charge in [-0.2, -0.15) is 0 Å². The van der Waals surface area contributed by atoms with Gasteiger partial charge < -0.3 is 10.5 Å². The zero-order valence-electron chi connectivity index (χ0n) is 7.79. The van der Waals surface area contributed by atoms with Crippen LogP contribution in [0.25, 0.3) is 0 Å². The summed E-state index contributed by atoms with van der Waals surface area (Å²) in [5.74, 6) is -0.238. The summed E-state index contributed by atoms with van der Waals surface area (Å²) in [6.07, 6.45) is 0.630. The van der Waals surface area contributed by atoms with Gasteiger partial charge in [-0.15, -0.1) is 0 Å². The molecule has 0 aliphatic rings. The molecule has 0 unspecified atom stereocenters. The molecule has 0 aromatic heterocycles. The molecule has 1 aromatic carbocycles. The van der Waals surface area contributed by atoms with Gasteiger partial charge in [0.25, 0.3) is 0 Å². The van der Waals surface area contributed by atoms with Crippen LogP contribution in [0.1, 0.15) is 5.56 Å². The first kappa shape index (κ1) is 10.7. The molecule has 3 N–H and O–H groups in total. The average Bonchev–Trinajstić information content (AvgIpc) is 2.12. The zero-order chi connectivity index (χ0) is 10.4. The lowest BCUT2D eigenvalue weighted by Crippen LogP contribution is -2.18. The minimum atomic E-state index is -0.242. The molecule has 0 spiro atoms. The van der Waals surface area contributed by atoms with Crippen molar-refractivity contribution < 1.29 is 9.13 Å². The monoisotopic (exact) mass is 196 g/mol. The number of nitrogens with one attached hydrogen (secondary N) is 1. The van der Waals surface area contributed by atoms with Crippen LogP contribution in [0.3, 0.4) is 0 Å². The first-order chi connectivity index (χ1) is 6.68. The van der Waals surface area contributed by atoms with E-state index < -0.39 is 0 Å². The third kappa shape index (κ3) is 4.00. The fourth-order valence-corrected chi connectivity index (χ4v) is 1.06. The standard InChI is InChI=1S/C10H13FN2O/c11-9-3-1-2-8(6-9)4-5-14-7-10(12)13/h1-3,6H,4-5,7H2,(H3,12,13). The van der Waals surface area contributed by atoms with E-state index in [9.17, 15) is 4.39 Å². The van der Waals surface area contributed by atoms with E-state index in [1.165, 1.54) is 12.1 Å². The van der Waals surface area contributed by atoms with Crippen LogP contribution in [0.5, 0.6) is 0 Å². The predicted octanol–water partition coefficient (Wildman–Crippen LogP) is 1.32. The van der Waals surface area contributed by atoms with Crippen LogP contribution < -0.4 is 5.73 Å². The molecule has 1 rings (SSSR count). The largest absolute Gasteiger partial charge is 0.386 e. The highest BCUT2D eigenvalue weighted by Gasteiger charge is 1.96. The Hall–Kier alpha value is -1.42. The highest BCUT2D eigenvalue weighted by atomic mass is 19.1. The maximum absolute atomic E-state index is 12.7. The van der Waals surface area contributed by atoms with E-state index in [1.807, 2.05) is 6.07 Å². The summed E-state index contributed by atoms with van der Waals surface area (Å²) in [5.41, 5.74) is 5.98. The Labute approximate surface area is 82.2 Å². The Balaban J connectivity index is 2.28. The van der Waals surface area contributed by atoms with E-state index in [1.54, 1.807) is 6.07 Å². The fourth-order valence-electron chi connectivity index (χ4n) is 1.06. The molecule has 0 radical (unpaired) electrons. The van der Waals surface area contributed by atoms with Gasteiger partial charge in [0.1, 0.15) is 18.3 Å². The molecule has 3 nitrogen and oxygen atoms in total. The molecule has 0 bridgehead atoms. The molecule has 0 aliphatic heterocycles. The second-order valence-electron chi connectivity index (χ2n) is 2.96. The number of rotatable bonds is 5. The zero-order valence-corrected chi connectivity index (χ0v) is 7.79. The number of benzene rings is 1. The minimum absolute atomic E-state index is 0.00393. The number of halogens is 1. The summed E-state index contributed by atoms with van der Waals surface area (Å²) in [7, 11) is 0. The summed E-state index contributed by atoms with van der Waals surface area (Å²) < 4.78 is 17.8. The molecule has 0 heterocycles. The highest BCUT2D eigenvalue weighted by molar-refractivity contribution is 5.78. The van der Waals surface area contributed by atoms with Crippen LogP contribution in [0.4, 0.5) is 4.39 Å². The van der Waals surface area contributed by atoms with Gasteiger partial charge in [0.15, 0.2) is 0 Å². The summed E-state index contributed by atoms with van der Waals surface area (Å²) in [4.78, 5) is 0. The van der Waals surface area contributed by atoms with E-state index in [0.717, 1.165) is 5.56 Å². The molecule has 0 atom stereocenters. The van der Waals surface area contributed by atoms with E-state index in [-0.39, 0.29) is 18.3 Å². The van der Waals surface area contributed by atoms with Crippen LogP contribution in [-0.2, 0) is 11.2 Å². The van der Waals surface area contributed by atoms with Crippen molar-refractivity contribution >= 4 is 5.84 Å². The van der Waals surface area contributed by atoms with Crippen molar-refractivity contribution in [1.29, 1.82) is 5.41 Å². The van der Waals surface area contributed by atoms with Crippen molar-refractivity contribution in [2.24, 2.45) is 5.73 Å². The molecule has 0 fully saturated rings. The second kappa shape index (κ2) is 5.34. The van der Waals surface area contributed by atoms with Crippen molar-refractivity contribution in [3.63, 3.8) is 0 Å². The average molecular weight is 196 g/mol. The van der Waals surface area contributed by atoms with Crippen molar-refractivity contribution in [2.75, 3.05) is 13.2 Å². The predicted molar refractivity (Wildman–Crippen MR) is 52.8 cm³/mol. The molecule has 0 saturated heterocycles. The van der Waals surface area contributed by atoms with E-state index in [4.69, 9.17) is 15.9 Å². The van der Waals surface area contributed by atoms with Gasteiger partial charge >= 0.3 is 0 Å². The number of hydrogen-bond donors (Lipinski definition) is 2. The lowest BCUT2D eigenvalue weighted by molar-refractivity contribution is 0.174. The van der Waals surface area contributed by atoms with Gasteiger partial charge in [0.2, 0.25) is 0 Å². The second-order valence-corrected chi connectivity index (χ2v) is 2.96. The third-order valence-corrected chi connectivity index (χ3v) is 1.68. The van der Waals surface area contributed by atoms with Crippen LogP contribution in [0.15, 0.2) is 24.3 Å². The Morgan fingerprint density at radius 1 is 1.50 bits per heavy atom. The third-order valence-electron chi connectivity index (χ3n) is 1.68. The van der Waals surface area contributed by atoms with Crippen molar-refractivity contribution in [3.05, 3.63) is 35.6 Å². The van der Waals surface area contributed by atoms with Crippen molar-refractivity contribution in [2.45, 2.75) is 6.42 Å². The molecular formula is C10H13FN2O. The number of ether oxygens (including phenoxy) is 1. The maximum atomic E-state index is 12.7. The van der Waals surface area contributed by atoms with Crippen LogP contribution >= 0.6 is 0 Å². The molecule has 4 heteroatoms. The molecule has 0 aliphatic carbocycles. The molecular weight excluding hydrogens is 183 g/mol. The smallest absolute Gasteiger partial charge is 0.123 e. The van der Waals surface area contributed by atoms with Gasteiger partial charge in [0, 0.05) is 0 Å². The topological polar surface area (TPSA) is 59.1 Å². The Kier molecular flexibility index (Phi) is 4.07. The molecule has 0 saturated carbocycles. The first-order valence-corrected chi connectivity index (χ1v) is 4.33. The lowest BCUT2D eigenvalue weighted by atomic mass is 10.2. The van der Waals surface area contributed by atoms with Crippen molar-refractivity contribution in [3.8, 4) is 0 Å². The van der Waals surface area contributed by atoms with Gasteiger partial charge in [-0.3, -0.25) is 5.41 Å². The fraction of sp³-hybridized carbons (Fsp3) is 0.300. The normalized spacial score (nSPS) is 10.1. The number of amidine groups is 1. The lowest BCUT2D eigenvalue weighted by Gasteiger charge is -2.02. The van der Waals surface area contributed by atoms with Crippen molar-refractivity contribution in [1.82, 2.24) is 0 Å². The van der Waals surface area contributed by atoms with E-state index in [0.29, 0.717) is 13.0 Å². The van der Waals surface area contributed by atoms with Gasteiger partial charge in [-0.1, -0.05) is 12.1 Å². The van der Waals surface area contributed by atoms with Crippen LogP contribution in [-0.4, -0.2) is 19.0 Å². The Morgan fingerprint density at radius 2 is 2.29 bits per heavy atom. The quantitative estimate of drug-likeness (QED) is 0.424. The molecule has 14 heavy (non-hydrogen) atoms. The summed E-state index contributed by atoms with van der Waals surface area (Å²) in [6, 6.07) is 6.37. The highest BCUT2D eigenvalue weighted by Crippen LogP contribution is 2.03. The summed E-state index contributed by atoms with van der Waals surface area (Å²) >= 11 is 0. The van der Waals surface area contributed by atoms with Gasteiger partial charge in [-0.25, -0.2) is 4.39 Å². The Morgan fingerprint density at radius 3 is 2.93 bits per heavy atom. The summed E-state index contributed by atoms with van der Waals surface area (Å²) in [5, 5.41) is 6.90. The first-order valence-electron chi connectivity index (χ1n) is 4.33. The van der Waals surface area contributed by atoms with E-state index in [2.05, 4.69) is 0 Å². The number of nitrogens with two attached hydrogens (primary N) is 1.